The minimum absolute atomic E-state index is 0.126. The lowest BCUT2D eigenvalue weighted by Gasteiger charge is -2.32. The molecule has 0 bridgehead atoms. The highest BCUT2D eigenvalue weighted by Gasteiger charge is 2.32. The van der Waals surface area contributed by atoms with Crippen LogP contribution in [-0.4, -0.2) is 58.3 Å². The maximum absolute atomic E-state index is 9.48. The quantitative estimate of drug-likeness (QED) is 0.891. The molecule has 3 aliphatic rings. The molecule has 4 rings (SSSR count). The zero-order valence-corrected chi connectivity index (χ0v) is 12.5. The molecular formula is C16H24N4O. The fourth-order valence-electron chi connectivity index (χ4n) is 4.00. The maximum atomic E-state index is 9.48. The second-order valence-electron chi connectivity index (χ2n) is 6.75. The van der Waals surface area contributed by atoms with Crippen molar-refractivity contribution in [1.29, 1.82) is 0 Å². The van der Waals surface area contributed by atoms with Crippen LogP contribution in [0.1, 0.15) is 43.7 Å². The number of anilines is 1. The highest BCUT2D eigenvalue weighted by molar-refractivity contribution is 5.40. The van der Waals surface area contributed by atoms with Crippen LogP contribution in [0.2, 0.25) is 0 Å². The van der Waals surface area contributed by atoms with Crippen molar-refractivity contribution in [2.24, 2.45) is 0 Å². The van der Waals surface area contributed by atoms with Gasteiger partial charge in [0.2, 0.25) is 0 Å². The van der Waals surface area contributed by atoms with Crippen LogP contribution in [0.4, 0.5) is 5.82 Å². The molecule has 0 radical (unpaired) electrons. The lowest BCUT2D eigenvalue weighted by molar-refractivity contribution is 0.0732. The van der Waals surface area contributed by atoms with E-state index in [0.29, 0.717) is 12.0 Å². The van der Waals surface area contributed by atoms with Gasteiger partial charge < -0.3 is 10.0 Å². The molecule has 0 amide bonds. The molecule has 1 aliphatic carbocycles. The summed E-state index contributed by atoms with van der Waals surface area (Å²) < 4.78 is 0. The topological polar surface area (TPSA) is 52.5 Å². The van der Waals surface area contributed by atoms with Crippen LogP contribution in [0.5, 0.6) is 0 Å². The van der Waals surface area contributed by atoms with E-state index in [1.807, 2.05) is 0 Å². The van der Waals surface area contributed by atoms with Gasteiger partial charge >= 0.3 is 0 Å². The van der Waals surface area contributed by atoms with E-state index in [0.717, 1.165) is 37.4 Å². The molecule has 3 fully saturated rings. The highest BCUT2D eigenvalue weighted by atomic mass is 16.3. The Balaban J connectivity index is 1.51. The molecule has 1 aromatic rings. The Morgan fingerprint density at radius 1 is 1.10 bits per heavy atom. The normalized spacial score (nSPS) is 33.4. The van der Waals surface area contributed by atoms with Gasteiger partial charge in [0, 0.05) is 43.4 Å². The number of rotatable bonds is 2. The average molecular weight is 288 g/mol. The molecule has 0 aromatic carbocycles. The summed E-state index contributed by atoms with van der Waals surface area (Å²) in [6, 6.07) is 2.86. The second kappa shape index (κ2) is 5.54. The van der Waals surface area contributed by atoms with Gasteiger partial charge in [0.25, 0.3) is 0 Å². The van der Waals surface area contributed by atoms with Crippen molar-refractivity contribution in [1.82, 2.24) is 14.9 Å². The third-order valence-corrected chi connectivity index (χ3v) is 5.33. The maximum Gasteiger partial charge on any atom is 0.132 e. The zero-order chi connectivity index (χ0) is 14.2. The molecule has 1 saturated carbocycles. The van der Waals surface area contributed by atoms with Crippen LogP contribution in [0.3, 0.4) is 0 Å². The molecule has 2 saturated heterocycles. The summed E-state index contributed by atoms with van der Waals surface area (Å²) in [5, 5.41) is 9.48. The lowest BCUT2D eigenvalue weighted by atomic mass is 9.80. The molecule has 3 heterocycles. The number of aromatic nitrogens is 2. The van der Waals surface area contributed by atoms with Crippen molar-refractivity contribution in [2.45, 2.75) is 50.2 Å². The van der Waals surface area contributed by atoms with Gasteiger partial charge in [-0.2, -0.15) is 0 Å². The number of aliphatic hydroxyl groups is 1. The first kappa shape index (κ1) is 13.5. The van der Waals surface area contributed by atoms with Crippen molar-refractivity contribution in [3.8, 4) is 0 Å². The molecule has 0 unspecified atom stereocenters. The summed E-state index contributed by atoms with van der Waals surface area (Å²) in [6.45, 7) is 4.70. The van der Waals surface area contributed by atoms with Crippen LogP contribution in [0.15, 0.2) is 12.4 Å². The monoisotopic (exact) mass is 288 g/mol. The Morgan fingerprint density at radius 2 is 1.95 bits per heavy atom. The Hall–Kier alpha value is -1.20. The summed E-state index contributed by atoms with van der Waals surface area (Å²) in [4.78, 5) is 14.0. The van der Waals surface area contributed by atoms with E-state index >= 15 is 0 Å². The number of fused-ring (bicyclic) bond motifs is 1. The fraction of sp³-hybridized carbons (Fsp3) is 0.750. The van der Waals surface area contributed by atoms with Gasteiger partial charge in [0.15, 0.2) is 0 Å². The predicted molar refractivity (Wildman–Crippen MR) is 81.4 cm³/mol. The minimum atomic E-state index is -0.126. The number of hydrogen-bond donors (Lipinski definition) is 1. The van der Waals surface area contributed by atoms with Gasteiger partial charge in [-0.05, 0) is 38.6 Å². The third kappa shape index (κ3) is 2.64. The zero-order valence-electron chi connectivity index (χ0n) is 12.5. The molecule has 0 spiro atoms. The first-order valence-electron chi connectivity index (χ1n) is 8.28. The van der Waals surface area contributed by atoms with Crippen LogP contribution < -0.4 is 4.90 Å². The van der Waals surface area contributed by atoms with Crippen molar-refractivity contribution in [2.75, 3.05) is 31.1 Å². The molecule has 21 heavy (non-hydrogen) atoms. The lowest BCUT2D eigenvalue weighted by Crippen LogP contribution is -2.37. The smallest absolute Gasteiger partial charge is 0.132 e. The van der Waals surface area contributed by atoms with E-state index in [4.69, 9.17) is 0 Å². The fourth-order valence-corrected chi connectivity index (χ4v) is 4.00. The van der Waals surface area contributed by atoms with Gasteiger partial charge in [0.05, 0.1) is 6.10 Å². The van der Waals surface area contributed by atoms with E-state index in [1.165, 1.54) is 32.4 Å². The summed E-state index contributed by atoms with van der Waals surface area (Å²) in [5.74, 6) is 1.51. The van der Waals surface area contributed by atoms with Crippen molar-refractivity contribution in [3.63, 3.8) is 0 Å². The van der Waals surface area contributed by atoms with Crippen LogP contribution >= 0.6 is 0 Å². The van der Waals surface area contributed by atoms with Crippen molar-refractivity contribution < 1.29 is 5.11 Å². The number of hydrogen-bond acceptors (Lipinski definition) is 5. The summed E-state index contributed by atoms with van der Waals surface area (Å²) in [7, 11) is 0. The van der Waals surface area contributed by atoms with Gasteiger partial charge in [-0.3, -0.25) is 4.90 Å². The second-order valence-corrected chi connectivity index (χ2v) is 6.75. The third-order valence-electron chi connectivity index (χ3n) is 5.33. The molecule has 5 heteroatoms. The SMILES string of the molecule is OC1CC(c2cc(N3CCCN4CCC[C@H]4C3)ncn2)C1. The van der Waals surface area contributed by atoms with Crippen LogP contribution in [0, 0.1) is 0 Å². The molecule has 5 nitrogen and oxygen atoms in total. The summed E-state index contributed by atoms with van der Waals surface area (Å²) in [5.41, 5.74) is 1.11. The van der Waals surface area contributed by atoms with Crippen LogP contribution in [-0.2, 0) is 0 Å². The molecule has 1 N–H and O–H groups in total. The van der Waals surface area contributed by atoms with Gasteiger partial charge in [-0.15, -0.1) is 0 Å². The average Bonchev–Trinajstić information content (AvgIpc) is 2.81. The standard InChI is InChI=1S/C16H24N4O/c21-14-7-12(8-14)15-9-16(18-11-17-15)20-6-2-5-19-4-1-3-13(19)10-20/h9,11-14,21H,1-8,10H2/t12?,13-,14?/m0/s1. The number of nitrogens with zero attached hydrogens (tertiary/aromatic N) is 4. The van der Waals surface area contributed by atoms with Crippen molar-refractivity contribution >= 4 is 5.82 Å². The predicted octanol–water partition coefficient (Wildman–Crippen LogP) is 1.39. The molecule has 1 atom stereocenters. The number of aliphatic hydroxyl groups excluding tert-OH is 1. The van der Waals surface area contributed by atoms with E-state index in [2.05, 4.69) is 25.8 Å². The first-order chi connectivity index (χ1) is 10.3. The van der Waals surface area contributed by atoms with Gasteiger partial charge in [-0.25, -0.2) is 9.97 Å². The molecule has 114 valence electrons. The van der Waals surface area contributed by atoms with Crippen LogP contribution in [0.25, 0.3) is 0 Å². The highest BCUT2D eigenvalue weighted by Crippen LogP contribution is 2.36. The van der Waals surface area contributed by atoms with E-state index < -0.39 is 0 Å². The van der Waals surface area contributed by atoms with E-state index in [9.17, 15) is 5.11 Å². The summed E-state index contributed by atoms with van der Waals surface area (Å²) in [6.07, 6.45) is 7.17. The van der Waals surface area contributed by atoms with Gasteiger partial charge in [0.1, 0.15) is 12.1 Å². The Labute approximate surface area is 126 Å². The van der Waals surface area contributed by atoms with Gasteiger partial charge in [-0.1, -0.05) is 0 Å². The summed E-state index contributed by atoms with van der Waals surface area (Å²) >= 11 is 0. The Kier molecular flexibility index (Phi) is 3.55. The van der Waals surface area contributed by atoms with E-state index in [-0.39, 0.29) is 6.10 Å². The minimum Gasteiger partial charge on any atom is -0.393 e. The molecular weight excluding hydrogens is 264 g/mol. The van der Waals surface area contributed by atoms with E-state index in [1.54, 1.807) is 6.33 Å². The first-order valence-corrected chi connectivity index (χ1v) is 8.28. The van der Waals surface area contributed by atoms with Crippen molar-refractivity contribution in [3.05, 3.63) is 18.1 Å². The molecule has 1 aromatic heterocycles. The molecule has 2 aliphatic heterocycles. The largest absolute Gasteiger partial charge is 0.393 e. The Morgan fingerprint density at radius 3 is 2.81 bits per heavy atom. The Bertz CT molecular complexity index is 503.